The molecule has 0 aliphatic carbocycles. The van der Waals surface area contributed by atoms with Crippen LogP contribution in [0.4, 0.5) is 0 Å². The molecule has 0 saturated carbocycles. The zero-order valence-electron chi connectivity index (χ0n) is 14.0. The summed E-state index contributed by atoms with van der Waals surface area (Å²) in [5.74, 6) is 0.834. The van der Waals surface area contributed by atoms with Gasteiger partial charge in [0.1, 0.15) is 0 Å². The number of fused-ring (bicyclic) bond motifs is 3. The Morgan fingerprint density at radius 1 is 1.00 bits per heavy atom. The number of benzene rings is 2. The predicted octanol–water partition coefficient (Wildman–Crippen LogP) is 4.31. The summed E-state index contributed by atoms with van der Waals surface area (Å²) in [6, 6.07) is 20.1. The van der Waals surface area contributed by atoms with Crippen LogP contribution < -0.4 is 5.32 Å². The van der Waals surface area contributed by atoms with Gasteiger partial charge in [0, 0.05) is 23.7 Å². The number of nitrogens with one attached hydrogen (secondary N) is 1. The van der Waals surface area contributed by atoms with Crippen LogP contribution in [0.1, 0.15) is 30.0 Å². The molecule has 1 N–H and O–H groups in total. The van der Waals surface area contributed by atoms with E-state index in [1.54, 1.807) is 0 Å². The van der Waals surface area contributed by atoms with E-state index in [-0.39, 0.29) is 0 Å². The van der Waals surface area contributed by atoms with Crippen LogP contribution in [0, 0.1) is 5.92 Å². The molecular formula is C21H25ClN2. The van der Waals surface area contributed by atoms with Crippen molar-refractivity contribution in [2.75, 3.05) is 19.6 Å². The van der Waals surface area contributed by atoms with Crippen molar-refractivity contribution in [1.29, 1.82) is 0 Å². The van der Waals surface area contributed by atoms with Crippen molar-refractivity contribution in [2.45, 2.75) is 31.3 Å². The van der Waals surface area contributed by atoms with Crippen molar-refractivity contribution in [3.63, 3.8) is 0 Å². The quantitative estimate of drug-likeness (QED) is 0.872. The van der Waals surface area contributed by atoms with E-state index < -0.39 is 0 Å². The second-order valence-corrected chi connectivity index (χ2v) is 7.64. The average molecular weight is 341 g/mol. The van der Waals surface area contributed by atoms with Gasteiger partial charge in [-0.2, -0.15) is 0 Å². The van der Waals surface area contributed by atoms with Crippen LogP contribution >= 0.6 is 11.6 Å². The highest BCUT2D eigenvalue weighted by Gasteiger charge is 2.35. The predicted molar refractivity (Wildman–Crippen MR) is 100 cm³/mol. The smallest absolute Gasteiger partial charge is 0.0406 e. The maximum Gasteiger partial charge on any atom is 0.0406 e. The molecule has 3 heterocycles. The molecule has 0 aromatic heterocycles. The Kier molecular flexibility index (Phi) is 4.88. The first-order valence-corrected chi connectivity index (χ1v) is 9.43. The van der Waals surface area contributed by atoms with Gasteiger partial charge in [-0.25, -0.2) is 0 Å². The Morgan fingerprint density at radius 2 is 1.71 bits per heavy atom. The fourth-order valence-corrected chi connectivity index (χ4v) is 4.36. The molecule has 24 heavy (non-hydrogen) atoms. The molecule has 2 unspecified atom stereocenters. The summed E-state index contributed by atoms with van der Waals surface area (Å²) in [5, 5.41) is 4.79. The molecular weight excluding hydrogens is 316 g/mol. The second-order valence-electron chi connectivity index (χ2n) is 7.21. The fraction of sp³-hybridized carbons (Fsp3) is 0.429. The van der Waals surface area contributed by atoms with E-state index in [1.807, 2.05) is 12.1 Å². The monoisotopic (exact) mass is 340 g/mol. The Balaban J connectivity index is 1.54. The standard InChI is InChI=1S/C21H25ClN2/c22-19-8-6-17(7-9-19)20(14-16-4-2-1-3-5-16)23-21-15-24-12-10-18(21)11-13-24/h1-9,18,20-21,23H,10-15H2. The lowest BCUT2D eigenvalue weighted by Crippen LogP contribution is -2.56. The van der Waals surface area contributed by atoms with E-state index in [9.17, 15) is 0 Å². The minimum atomic E-state index is 0.343. The van der Waals surface area contributed by atoms with Crippen LogP contribution in [0.2, 0.25) is 5.02 Å². The van der Waals surface area contributed by atoms with Gasteiger partial charge < -0.3 is 10.2 Å². The Labute approximate surface area is 149 Å². The molecule has 2 aromatic rings. The molecule has 0 amide bonds. The summed E-state index contributed by atoms with van der Waals surface area (Å²) in [6.45, 7) is 3.77. The molecule has 0 spiro atoms. The maximum atomic E-state index is 6.09. The number of rotatable bonds is 5. The first-order chi connectivity index (χ1) is 11.8. The van der Waals surface area contributed by atoms with Crippen molar-refractivity contribution in [2.24, 2.45) is 5.92 Å². The van der Waals surface area contributed by atoms with Crippen molar-refractivity contribution in [3.05, 3.63) is 70.7 Å². The molecule has 3 aliphatic heterocycles. The van der Waals surface area contributed by atoms with Crippen molar-refractivity contribution >= 4 is 11.6 Å². The molecule has 5 rings (SSSR count). The van der Waals surface area contributed by atoms with Gasteiger partial charge >= 0.3 is 0 Å². The molecule has 0 radical (unpaired) electrons. The zero-order chi connectivity index (χ0) is 16.4. The van der Waals surface area contributed by atoms with Crippen LogP contribution in [0.15, 0.2) is 54.6 Å². The minimum Gasteiger partial charge on any atom is -0.305 e. The highest BCUT2D eigenvalue weighted by atomic mass is 35.5. The van der Waals surface area contributed by atoms with Crippen molar-refractivity contribution in [1.82, 2.24) is 10.2 Å². The van der Waals surface area contributed by atoms with Gasteiger partial charge in [0.2, 0.25) is 0 Å². The largest absolute Gasteiger partial charge is 0.305 e. The molecule has 2 atom stereocenters. The topological polar surface area (TPSA) is 15.3 Å². The third-order valence-corrected chi connectivity index (χ3v) is 5.88. The van der Waals surface area contributed by atoms with Gasteiger partial charge in [-0.1, -0.05) is 54.1 Å². The first kappa shape index (κ1) is 16.1. The van der Waals surface area contributed by atoms with Crippen molar-refractivity contribution < 1.29 is 0 Å². The van der Waals surface area contributed by atoms with Gasteiger partial charge in [-0.15, -0.1) is 0 Å². The van der Waals surface area contributed by atoms with Crippen LogP contribution in [0.25, 0.3) is 0 Å². The van der Waals surface area contributed by atoms with E-state index in [4.69, 9.17) is 11.6 Å². The van der Waals surface area contributed by atoms with Crippen molar-refractivity contribution in [3.8, 4) is 0 Å². The summed E-state index contributed by atoms with van der Waals surface area (Å²) in [6.07, 6.45) is 3.71. The summed E-state index contributed by atoms with van der Waals surface area (Å²) in [4.78, 5) is 2.61. The van der Waals surface area contributed by atoms with Crippen LogP contribution in [0.5, 0.6) is 0 Å². The van der Waals surface area contributed by atoms with E-state index in [0.29, 0.717) is 12.1 Å². The number of hydrogen-bond donors (Lipinski definition) is 1. The molecule has 3 saturated heterocycles. The average Bonchev–Trinajstić information content (AvgIpc) is 2.64. The van der Waals surface area contributed by atoms with Gasteiger partial charge in [0.05, 0.1) is 0 Å². The highest BCUT2D eigenvalue weighted by molar-refractivity contribution is 6.30. The third kappa shape index (κ3) is 3.66. The Morgan fingerprint density at radius 3 is 2.33 bits per heavy atom. The normalized spacial score (nSPS) is 27.1. The maximum absolute atomic E-state index is 6.09. The Bertz CT molecular complexity index is 647. The SMILES string of the molecule is Clc1ccc(C(Cc2ccccc2)NC2CN3CCC2CC3)cc1. The molecule has 3 fully saturated rings. The lowest BCUT2D eigenvalue weighted by Gasteiger charge is -2.46. The van der Waals surface area contributed by atoms with E-state index in [1.165, 1.54) is 43.6 Å². The number of halogens is 1. The first-order valence-electron chi connectivity index (χ1n) is 9.06. The highest BCUT2D eigenvalue weighted by Crippen LogP contribution is 2.30. The summed E-state index contributed by atoms with van der Waals surface area (Å²) in [5.41, 5.74) is 2.71. The van der Waals surface area contributed by atoms with E-state index in [0.717, 1.165) is 17.4 Å². The number of hydrogen-bond acceptors (Lipinski definition) is 2. The number of nitrogens with zero attached hydrogens (tertiary/aromatic N) is 1. The lowest BCUT2D eigenvalue weighted by atomic mass is 9.83. The molecule has 2 nitrogen and oxygen atoms in total. The minimum absolute atomic E-state index is 0.343. The van der Waals surface area contributed by atoms with Crippen LogP contribution in [-0.4, -0.2) is 30.6 Å². The lowest BCUT2D eigenvalue weighted by molar-refractivity contribution is 0.0669. The third-order valence-electron chi connectivity index (χ3n) is 5.63. The van der Waals surface area contributed by atoms with Gasteiger partial charge in [-0.05, 0) is 61.5 Å². The molecule has 2 aromatic carbocycles. The summed E-state index contributed by atoms with van der Waals surface area (Å²) < 4.78 is 0. The van der Waals surface area contributed by atoms with Gasteiger partial charge in [-0.3, -0.25) is 0 Å². The summed E-state index contributed by atoms with van der Waals surface area (Å²) >= 11 is 6.09. The number of piperidine rings is 3. The van der Waals surface area contributed by atoms with E-state index >= 15 is 0 Å². The van der Waals surface area contributed by atoms with Crippen LogP contribution in [0.3, 0.4) is 0 Å². The zero-order valence-corrected chi connectivity index (χ0v) is 14.8. The fourth-order valence-electron chi connectivity index (χ4n) is 4.23. The second kappa shape index (κ2) is 7.26. The van der Waals surface area contributed by atoms with E-state index in [2.05, 4.69) is 52.7 Å². The van der Waals surface area contributed by atoms with Crippen LogP contribution in [-0.2, 0) is 6.42 Å². The summed E-state index contributed by atoms with van der Waals surface area (Å²) in [7, 11) is 0. The molecule has 3 aliphatic rings. The molecule has 2 bridgehead atoms. The van der Waals surface area contributed by atoms with Gasteiger partial charge in [0.25, 0.3) is 0 Å². The molecule has 3 heteroatoms. The Hall–Kier alpha value is -1.35. The molecule has 126 valence electrons. The van der Waals surface area contributed by atoms with Gasteiger partial charge in [0.15, 0.2) is 0 Å².